The maximum atomic E-state index is 12.9. The van der Waals surface area contributed by atoms with E-state index in [-0.39, 0.29) is 16.3 Å². The predicted molar refractivity (Wildman–Crippen MR) is 147 cm³/mol. The van der Waals surface area contributed by atoms with E-state index in [4.69, 9.17) is 26.1 Å². The van der Waals surface area contributed by atoms with Crippen molar-refractivity contribution in [3.63, 3.8) is 0 Å². The summed E-state index contributed by atoms with van der Waals surface area (Å²) in [5.41, 5.74) is 5.11. The SMILES string of the molecule is COc1ccc(Nc2c3c(nc4ccc(NC(=O)c5ccc(Cl)c([N+](=O)[O-])c5)cc24)CCCC3)cc1OC. The minimum absolute atomic E-state index is 0.0287. The highest BCUT2D eigenvalue weighted by atomic mass is 35.5. The van der Waals surface area contributed by atoms with E-state index in [0.717, 1.165) is 59.2 Å². The minimum atomic E-state index is -0.615. The lowest BCUT2D eigenvalue weighted by molar-refractivity contribution is -0.384. The van der Waals surface area contributed by atoms with Gasteiger partial charge in [0.05, 0.1) is 30.3 Å². The first kappa shape index (κ1) is 25.3. The number of amides is 1. The Morgan fingerprint density at radius 1 is 0.974 bits per heavy atom. The maximum absolute atomic E-state index is 12.9. The number of fused-ring (bicyclic) bond motifs is 2. The summed E-state index contributed by atoms with van der Waals surface area (Å²) in [7, 11) is 3.19. The normalized spacial score (nSPS) is 12.5. The number of methoxy groups -OCH3 is 2. The molecule has 0 fully saturated rings. The van der Waals surface area contributed by atoms with Crippen LogP contribution in [0.4, 0.5) is 22.7 Å². The number of benzene rings is 3. The molecule has 10 heteroatoms. The molecule has 3 aromatic carbocycles. The molecule has 0 unspecified atom stereocenters. The number of pyridine rings is 1. The number of hydrogen-bond acceptors (Lipinski definition) is 7. The largest absolute Gasteiger partial charge is 0.493 e. The third-order valence-corrected chi connectivity index (χ3v) is 6.90. The fraction of sp³-hybridized carbons (Fsp3) is 0.214. The zero-order chi connectivity index (χ0) is 26.8. The number of hydrogen-bond donors (Lipinski definition) is 2. The molecular formula is C28H25ClN4O5. The number of aryl methyl sites for hydroxylation is 1. The predicted octanol–water partition coefficient (Wildman–Crippen LogP) is 6.69. The van der Waals surface area contributed by atoms with Crippen LogP contribution in [0.2, 0.25) is 5.02 Å². The van der Waals surface area contributed by atoms with Gasteiger partial charge in [-0.1, -0.05) is 11.6 Å². The van der Waals surface area contributed by atoms with Gasteiger partial charge in [-0.2, -0.15) is 0 Å². The Hall–Kier alpha value is -4.37. The Morgan fingerprint density at radius 3 is 2.50 bits per heavy atom. The first-order chi connectivity index (χ1) is 18.4. The van der Waals surface area contributed by atoms with Crippen molar-refractivity contribution in [2.24, 2.45) is 0 Å². The molecule has 5 rings (SSSR count). The number of carbonyl (C=O) groups excluding carboxylic acids is 1. The molecule has 2 N–H and O–H groups in total. The summed E-state index contributed by atoms with van der Waals surface area (Å²) in [5.74, 6) is 0.756. The maximum Gasteiger partial charge on any atom is 0.288 e. The summed E-state index contributed by atoms with van der Waals surface area (Å²) < 4.78 is 10.8. The highest BCUT2D eigenvalue weighted by Crippen LogP contribution is 2.38. The van der Waals surface area contributed by atoms with E-state index in [1.165, 1.54) is 18.2 Å². The van der Waals surface area contributed by atoms with Gasteiger partial charge in [-0.05, 0) is 73.7 Å². The monoisotopic (exact) mass is 532 g/mol. The molecule has 1 amide bonds. The van der Waals surface area contributed by atoms with Crippen LogP contribution in [-0.4, -0.2) is 30.0 Å². The van der Waals surface area contributed by atoms with Crippen molar-refractivity contribution in [3.8, 4) is 11.5 Å². The molecule has 1 aromatic heterocycles. The summed E-state index contributed by atoms with van der Waals surface area (Å²) >= 11 is 5.90. The van der Waals surface area contributed by atoms with Crippen LogP contribution in [0, 0.1) is 10.1 Å². The molecule has 0 atom stereocenters. The number of anilines is 3. The standard InChI is InChI=1S/C28H25ClN4O5/c1-37-25-12-9-18(15-26(25)38-2)30-27-19-5-3-4-6-22(19)32-23-11-8-17(14-20(23)27)31-28(34)16-7-10-21(29)24(13-16)33(35)36/h7-15H,3-6H2,1-2H3,(H,30,32)(H,31,34). The molecule has 0 radical (unpaired) electrons. The van der Waals surface area contributed by atoms with E-state index in [9.17, 15) is 14.9 Å². The highest BCUT2D eigenvalue weighted by molar-refractivity contribution is 6.32. The van der Waals surface area contributed by atoms with Crippen LogP contribution in [0.3, 0.4) is 0 Å². The molecular weight excluding hydrogens is 508 g/mol. The zero-order valence-corrected chi connectivity index (χ0v) is 21.6. The van der Waals surface area contributed by atoms with Gasteiger partial charge in [0.2, 0.25) is 0 Å². The van der Waals surface area contributed by atoms with E-state index < -0.39 is 10.8 Å². The van der Waals surface area contributed by atoms with Gasteiger partial charge in [0.15, 0.2) is 11.5 Å². The van der Waals surface area contributed by atoms with Gasteiger partial charge >= 0.3 is 0 Å². The average molecular weight is 533 g/mol. The number of ether oxygens (including phenoxy) is 2. The van der Waals surface area contributed by atoms with Gasteiger partial charge in [-0.15, -0.1) is 0 Å². The Labute approximate surface area is 223 Å². The molecule has 1 aliphatic rings. The molecule has 0 aliphatic heterocycles. The lowest BCUT2D eigenvalue weighted by Gasteiger charge is -2.22. The van der Waals surface area contributed by atoms with Gasteiger partial charge in [0.25, 0.3) is 11.6 Å². The third-order valence-electron chi connectivity index (χ3n) is 6.58. The molecule has 0 spiro atoms. The molecule has 1 aliphatic carbocycles. The Bertz CT molecular complexity index is 1570. The van der Waals surface area contributed by atoms with E-state index >= 15 is 0 Å². The second-order valence-corrected chi connectivity index (χ2v) is 9.33. The number of carbonyl (C=O) groups is 1. The smallest absolute Gasteiger partial charge is 0.288 e. The van der Waals surface area contributed by atoms with Crippen LogP contribution in [0.5, 0.6) is 11.5 Å². The van der Waals surface area contributed by atoms with Crippen LogP contribution in [0.1, 0.15) is 34.5 Å². The zero-order valence-electron chi connectivity index (χ0n) is 20.8. The first-order valence-electron chi connectivity index (χ1n) is 12.1. The van der Waals surface area contributed by atoms with Crippen molar-refractivity contribution in [2.75, 3.05) is 24.9 Å². The van der Waals surface area contributed by atoms with Crippen LogP contribution >= 0.6 is 11.6 Å². The minimum Gasteiger partial charge on any atom is -0.493 e. The van der Waals surface area contributed by atoms with Gasteiger partial charge in [-0.3, -0.25) is 19.9 Å². The van der Waals surface area contributed by atoms with Crippen LogP contribution in [-0.2, 0) is 12.8 Å². The van der Waals surface area contributed by atoms with Gasteiger partial charge in [0.1, 0.15) is 5.02 Å². The quantitative estimate of drug-likeness (QED) is 0.201. The molecule has 4 aromatic rings. The molecule has 9 nitrogen and oxygen atoms in total. The second kappa shape index (κ2) is 10.5. The third kappa shape index (κ3) is 4.92. The molecule has 0 saturated carbocycles. The summed E-state index contributed by atoms with van der Waals surface area (Å²) in [6, 6.07) is 15.1. The summed E-state index contributed by atoms with van der Waals surface area (Å²) in [6.07, 6.45) is 3.94. The van der Waals surface area contributed by atoms with Crippen LogP contribution in [0.15, 0.2) is 54.6 Å². The summed E-state index contributed by atoms with van der Waals surface area (Å²) in [5, 5.41) is 18.5. The van der Waals surface area contributed by atoms with Crippen molar-refractivity contribution in [2.45, 2.75) is 25.7 Å². The lowest BCUT2D eigenvalue weighted by atomic mass is 9.92. The number of aromatic nitrogens is 1. The van der Waals surface area contributed by atoms with Crippen molar-refractivity contribution < 1.29 is 19.2 Å². The Balaban J connectivity index is 1.54. The number of nitro groups is 1. The van der Waals surface area contributed by atoms with Crippen molar-refractivity contribution in [1.29, 1.82) is 0 Å². The van der Waals surface area contributed by atoms with Crippen molar-refractivity contribution >= 4 is 51.2 Å². The Kier molecular flexibility index (Phi) is 7.02. The second-order valence-electron chi connectivity index (χ2n) is 8.92. The molecule has 38 heavy (non-hydrogen) atoms. The van der Waals surface area contributed by atoms with Gasteiger partial charge in [0, 0.05) is 40.2 Å². The molecule has 1 heterocycles. The Morgan fingerprint density at radius 2 is 1.74 bits per heavy atom. The average Bonchev–Trinajstić information content (AvgIpc) is 2.93. The number of rotatable bonds is 7. The summed E-state index contributed by atoms with van der Waals surface area (Å²) in [4.78, 5) is 28.5. The van der Waals surface area contributed by atoms with Crippen LogP contribution in [0.25, 0.3) is 10.9 Å². The molecule has 194 valence electrons. The number of halogens is 1. The molecule has 0 saturated heterocycles. The first-order valence-corrected chi connectivity index (χ1v) is 12.5. The van der Waals surface area contributed by atoms with Crippen molar-refractivity contribution in [1.82, 2.24) is 4.98 Å². The van der Waals surface area contributed by atoms with E-state index in [0.29, 0.717) is 17.2 Å². The highest BCUT2D eigenvalue weighted by Gasteiger charge is 2.20. The van der Waals surface area contributed by atoms with E-state index in [1.54, 1.807) is 20.3 Å². The fourth-order valence-electron chi connectivity index (χ4n) is 4.70. The van der Waals surface area contributed by atoms with E-state index in [1.807, 2.05) is 30.3 Å². The summed E-state index contributed by atoms with van der Waals surface area (Å²) in [6.45, 7) is 0. The topological polar surface area (TPSA) is 116 Å². The number of nitrogens with one attached hydrogen (secondary N) is 2. The van der Waals surface area contributed by atoms with Gasteiger partial charge < -0.3 is 20.1 Å². The van der Waals surface area contributed by atoms with Crippen LogP contribution < -0.4 is 20.1 Å². The molecule has 0 bridgehead atoms. The van der Waals surface area contributed by atoms with Crippen molar-refractivity contribution in [3.05, 3.63) is 86.6 Å². The van der Waals surface area contributed by atoms with Gasteiger partial charge in [-0.25, -0.2) is 0 Å². The van der Waals surface area contributed by atoms with E-state index in [2.05, 4.69) is 10.6 Å². The number of nitrogens with zero attached hydrogens (tertiary/aromatic N) is 2. The lowest BCUT2D eigenvalue weighted by Crippen LogP contribution is -2.13. The fourth-order valence-corrected chi connectivity index (χ4v) is 4.89. The number of nitro benzene ring substituents is 1.